The molecule has 0 saturated carbocycles. The maximum Gasteiger partial charge on any atom is 0.333 e. The molecule has 0 aliphatic carbocycles. The van der Waals surface area contributed by atoms with Crippen LogP contribution in [0.3, 0.4) is 0 Å². The van der Waals surface area contributed by atoms with E-state index in [-0.39, 0.29) is 10.7 Å². The Balaban J connectivity index is 2.18. The third-order valence-electron chi connectivity index (χ3n) is 3.66. The maximum absolute atomic E-state index is 13.2. The predicted molar refractivity (Wildman–Crippen MR) is 103 cm³/mol. The fraction of sp³-hybridized carbons (Fsp3) is 0.222. The normalized spacial score (nSPS) is 11.1. The largest absolute Gasteiger partial charge is 0.369 e. The molecule has 0 saturated heterocycles. The van der Waals surface area contributed by atoms with Crippen LogP contribution in [-0.2, 0) is 10.2 Å². The van der Waals surface area contributed by atoms with Crippen LogP contribution >= 0.6 is 11.6 Å². The number of rotatable bonds is 8. The Morgan fingerprint density at radius 1 is 0.964 bits per heavy atom. The van der Waals surface area contributed by atoms with Crippen molar-refractivity contribution in [3.63, 3.8) is 0 Å². The van der Waals surface area contributed by atoms with E-state index in [0.717, 1.165) is 11.8 Å². The minimum atomic E-state index is -4.95. The first-order valence-electron chi connectivity index (χ1n) is 8.10. The number of benzene rings is 2. The molecule has 0 aromatic heterocycles. The van der Waals surface area contributed by atoms with Gasteiger partial charge < -0.3 is 4.90 Å². The van der Waals surface area contributed by atoms with E-state index in [2.05, 4.69) is 22.4 Å². The zero-order valence-electron chi connectivity index (χ0n) is 14.6. The van der Waals surface area contributed by atoms with Gasteiger partial charge in [0, 0.05) is 18.8 Å². The summed E-state index contributed by atoms with van der Waals surface area (Å²) in [6, 6.07) is 14.7. The predicted octanol–water partition coefficient (Wildman–Crippen LogP) is 5.05. The van der Waals surface area contributed by atoms with Crippen LogP contribution in [0.25, 0.3) is 0 Å². The molecule has 0 heterocycles. The summed E-state index contributed by atoms with van der Waals surface area (Å²) >= 11 is 5.68. The van der Waals surface area contributed by atoms with Crippen LogP contribution in [0.5, 0.6) is 0 Å². The quantitative estimate of drug-likeness (QED) is 0.439. The topological polar surface area (TPSA) is 110 Å². The third-order valence-corrected chi connectivity index (χ3v) is 4.97. The Morgan fingerprint density at radius 2 is 1.50 bits per heavy atom. The molecule has 0 atom stereocenters. The summed E-state index contributed by atoms with van der Waals surface area (Å²) < 4.78 is 35.3. The van der Waals surface area contributed by atoms with Gasteiger partial charge in [0.25, 0.3) is 0 Å². The number of anilines is 1. The van der Waals surface area contributed by atoms with Gasteiger partial charge in [-0.1, -0.05) is 11.6 Å². The summed E-state index contributed by atoms with van der Waals surface area (Å²) in [7, 11) is -4.95. The molecule has 0 spiro atoms. The highest BCUT2D eigenvalue weighted by atomic mass is 35.5. The van der Waals surface area contributed by atoms with Crippen molar-refractivity contribution >= 4 is 38.9 Å². The van der Waals surface area contributed by atoms with Crippen LogP contribution in [0.2, 0.25) is 5.02 Å². The Hall–Kier alpha value is -3.01. The molecule has 0 radical (unpaired) electrons. The molecule has 0 aliphatic heterocycles. The molecule has 2 aromatic carbocycles. The second kappa shape index (κ2) is 9.79. The Bertz CT molecular complexity index is 1030. The van der Waals surface area contributed by atoms with Gasteiger partial charge in [0.2, 0.25) is 0 Å². The molecule has 0 aliphatic rings. The number of hydrogen-bond donors (Lipinski definition) is 0. The lowest BCUT2D eigenvalue weighted by Crippen LogP contribution is -2.25. The van der Waals surface area contributed by atoms with Crippen LogP contribution in [0.4, 0.5) is 20.9 Å². The van der Waals surface area contributed by atoms with Crippen molar-refractivity contribution in [2.45, 2.75) is 17.7 Å². The third kappa shape index (κ3) is 6.02. The molecule has 2 aromatic rings. The first kappa shape index (κ1) is 21.3. The van der Waals surface area contributed by atoms with E-state index in [1.807, 2.05) is 4.90 Å². The first-order valence-corrected chi connectivity index (χ1v) is 9.86. The SMILES string of the molecule is N#CCCN(CCC#N)c1ccc(N=Nc2ccc(Cl)c(S(=O)(=O)F)c2)cc1. The van der Waals surface area contributed by atoms with Gasteiger partial charge in [-0.05, 0) is 42.5 Å². The van der Waals surface area contributed by atoms with E-state index < -0.39 is 15.1 Å². The van der Waals surface area contributed by atoms with Crippen molar-refractivity contribution in [1.29, 1.82) is 10.5 Å². The van der Waals surface area contributed by atoms with Gasteiger partial charge in [0.15, 0.2) is 0 Å². The monoisotopic (exact) mass is 419 g/mol. The number of nitrogens with zero attached hydrogens (tertiary/aromatic N) is 5. The highest BCUT2D eigenvalue weighted by molar-refractivity contribution is 7.86. The lowest BCUT2D eigenvalue weighted by atomic mass is 10.2. The summed E-state index contributed by atoms with van der Waals surface area (Å²) in [5.74, 6) is 0. The smallest absolute Gasteiger partial charge is 0.333 e. The molecular formula is C18H15ClFN5O2S. The molecule has 7 nitrogen and oxygen atoms in total. The fourth-order valence-electron chi connectivity index (χ4n) is 2.33. The zero-order valence-corrected chi connectivity index (χ0v) is 16.2. The average Bonchev–Trinajstić information content (AvgIpc) is 2.67. The minimum Gasteiger partial charge on any atom is -0.369 e. The average molecular weight is 420 g/mol. The van der Waals surface area contributed by atoms with Crippen molar-refractivity contribution in [3.8, 4) is 12.1 Å². The van der Waals surface area contributed by atoms with E-state index >= 15 is 0 Å². The van der Waals surface area contributed by atoms with E-state index in [0.29, 0.717) is 31.6 Å². The van der Waals surface area contributed by atoms with Gasteiger partial charge in [0.1, 0.15) is 4.90 Å². The standard InChI is InChI=1S/C18H15ClFN5O2S/c19-17-8-5-15(13-18(17)28(20,26)27)24-23-14-3-6-16(7-4-14)25(11-1-9-21)12-2-10-22/h3-8,13H,1-2,11-12H2. The molecule has 0 fully saturated rings. The van der Waals surface area contributed by atoms with E-state index in [1.54, 1.807) is 24.3 Å². The van der Waals surface area contributed by atoms with Gasteiger partial charge in [0.05, 0.1) is 41.4 Å². The molecule has 0 bridgehead atoms. The molecule has 10 heteroatoms. The molecule has 0 N–H and O–H groups in total. The summed E-state index contributed by atoms with van der Waals surface area (Å²) in [5, 5.41) is 25.2. The first-order chi connectivity index (χ1) is 13.3. The van der Waals surface area contributed by atoms with Crippen LogP contribution < -0.4 is 4.90 Å². The Kier molecular flexibility index (Phi) is 7.44. The Morgan fingerprint density at radius 3 is 2.04 bits per heavy atom. The van der Waals surface area contributed by atoms with Crippen molar-refractivity contribution in [3.05, 3.63) is 47.5 Å². The fourth-order valence-corrected chi connectivity index (χ4v) is 3.28. The van der Waals surface area contributed by atoms with Crippen LogP contribution in [0.15, 0.2) is 57.6 Å². The number of halogens is 2. The maximum atomic E-state index is 13.2. The van der Waals surface area contributed by atoms with Gasteiger partial charge in [-0.3, -0.25) is 0 Å². The van der Waals surface area contributed by atoms with Crippen molar-refractivity contribution in [2.75, 3.05) is 18.0 Å². The molecule has 28 heavy (non-hydrogen) atoms. The molecule has 2 rings (SSSR count). The summed E-state index contributed by atoms with van der Waals surface area (Å²) in [4.78, 5) is 1.26. The number of azo groups is 1. The second-order valence-electron chi connectivity index (χ2n) is 5.57. The Labute approximate surface area is 167 Å². The van der Waals surface area contributed by atoms with Crippen molar-refractivity contribution in [1.82, 2.24) is 0 Å². The van der Waals surface area contributed by atoms with E-state index in [4.69, 9.17) is 22.1 Å². The highest BCUT2D eigenvalue weighted by Gasteiger charge is 2.17. The van der Waals surface area contributed by atoms with Crippen molar-refractivity contribution < 1.29 is 12.3 Å². The van der Waals surface area contributed by atoms with E-state index in [1.165, 1.54) is 12.1 Å². The van der Waals surface area contributed by atoms with Gasteiger partial charge >= 0.3 is 10.2 Å². The summed E-state index contributed by atoms with van der Waals surface area (Å²) in [6.45, 7) is 1.01. The molecule has 0 unspecified atom stereocenters. The summed E-state index contributed by atoms with van der Waals surface area (Å²) in [5.41, 5.74) is 1.46. The van der Waals surface area contributed by atoms with Gasteiger partial charge in [-0.25, -0.2) is 0 Å². The number of nitriles is 2. The second-order valence-corrected chi connectivity index (χ2v) is 7.29. The van der Waals surface area contributed by atoms with Crippen LogP contribution in [-0.4, -0.2) is 21.5 Å². The van der Waals surface area contributed by atoms with E-state index in [9.17, 15) is 12.3 Å². The summed E-state index contributed by atoms with van der Waals surface area (Å²) in [6.07, 6.45) is 0.673. The zero-order chi connectivity index (χ0) is 20.6. The molecular weight excluding hydrogens is 405 g/mol. The lowest BCUT2D eigenvalue weighted by Gasteiger charge is -2.22. The van der Waals surface area contributed by atoms with Crippen molar-refractivity contribution in [2.24, 2.45) is 10.2 Å². The molecule has 0 amide bonds. The number of hydrogen-bond acceptors (Lipinski definition) is 7. The van der Waals surface area contributed by atoms with Gasteiger partial charge in [-0.2, -0.15) is 29.2 Å². The molecule has 144 valence electrons. The van der Waals surface area contributed by atoms with Crippen LogP contribution in [0, 0.1) is 22.7 Å². The van der Waals surface area contributed by atoms with Crippen LogP contribution in [0.1, 0.15) is 12.8 Å². The lowest BCUT2D eigenvalue weighted by molar-refractivity contribution is 0.552. The highest BCUT2D eigenvalue weighted by Crippen LogP contribution is 2.29. The minimum absolute atomic E-state index is 0.134. The van der Waals surface area contributed by atoms with Gasteiger partial charge in [-0.15, -0.1) is 3.89 Å².